The van der Waals surface area contributed by atoms with Crippen molar-refractivity contribution in [2.75, 3.05) is 5.43 Å². The number of aromatic nitrogens is 2. The Morgan fingerprint density at radius 1 is 1.33 bits per heavy atom. The predicted molar refractivity (Wildman–Crippen MR) is 77.6 cm³/mol. The van der Waals surface area contributed by atoms with Crippen LogP contribution in [0.4, 0.5) is 5.95 Å². The lowest BCUT2D eigenvalue weighted by Gasteiger charge is -2.08. The molecule has 2 aromatic rings. The van der Waals surface area contributed by atoms with Crippen molar-refractivity contribution in [2.24, 2.45) is 5.84 Å². The fraction of sp³-hybridized carbons (Fsp3) is 0.167. The summed E-state index contributed by atoms with van der Waals surface area (Å²) in [6, 6.07) is 6.34. The van der Waals surface area contributed by atoms with Gasteiger partial charge in [-0.3, -0.25) is 5.43 Å². The maximum atomic E-state index is 5.31. The van der Waals surface area contributed by atoms with Crippen LogP contribution in [0.25, 0.3) is 0 Å². The number of nitrogens with one attached hydrogen (secondary N) is 1. The van der Waals surface area contributed by atoms with Gasteiger partial charge >= 0.3 is 0 Å². The molecule has 0 bridgehead atoms. The van der Waals surface area contributed by atoms with E-state index in [2.05, 4.69) is 63.4 Å². The second-order valence-corrected chi connectivity index (χ2v) is 5.75. The second kappa shape index (κ2) is 5.69. The molecule has 1 aromatic heterocycles. The number of nitrogen functional groups attached to an aromatic ring is 1. The van der Waals surface area contributed by atoms with E-state index in [0.717, 1.165) is 9.50 Å². The molecule has 94 valence electrons. The SMILES string of the molecule is Cc1ccc(Sc2nc(NN)ncc2Br)c(C)c1. The third-order valence-electron chi connectivity index (χ3n) is 2.38. The summed E-state index contributed by atoms with van der Waals surface area (Å²) < 4.78 is 0.853. The molecule has 0 atom stereocenters. The van der Waals surface area contributed by atoms with Gasteiger partial charge in [0, 0.05) is 11.1 Å². The van der Waals surface area contributed by atoms with Gasteiger partial charge in [0.05, 0.1) is 4.47 Å². The molecule has 6 heteroatoms. The van der Waals surface area contributed by atoms with E-state index in [-0.39, 0.29) is 0 Å². The van der Waals surface area contributed by atoms with E-state index in [4.69, 9.17) is 5.84 Å². The largest absolute Gasteiger partial charge is 0.292 e. The van der Waals surface area contributed by atoms with Crippen LogP contribution in [0, 0.1) is 13.8 Å². The van der Waals surface area contributed by atoms with Crippen LogP contribution in [0.2, 0.25) is 0 Å². The van der Waals surface area contributed by atoms with Gasteiger partial charge in [-0.2, -0.15) is 0 Å². The topological polar surface area (TPSA) is 63.8 Å². The second-order valence-electron chi connectivity index (χ2n) is 3.86. The molecule has 3 N–H and O–H groups in total. The Labute approximate surface area is 119 Å². The molecular formula is C12H13BrN4S. The normalized spacial score (nSPS) is 10.4. The number of rotatable bonds is 3. The van der Waals surface area contributed by atoms with Gasteiger partial charge in [0.25, 0.3) is 0 Å². The molecule has 0 aliphatic carbocycles. The molecule has 18 heavy (non-hydrogen) atoms. The van der Waals surface area contributed by atoms with Crippen LogP contribution >= 0.6 is 27.7 Å². The van der Waals surface area contributed by atoms with E-state index in [1.165, 1.54) is 16.0 Å². The van der Waals surface area contributed by atoms with Crippen molar-refractivity contribution in [3.05, 3.63) is 40.0 Å². The summed E-state index contributed by atoms with van der Waals surface area (Å²) >= 11 is 5.03. The van der Waals surface area contributed by atoms with E-state index in [1.807, 2.05) is 0 Å². The van der Waals surface area contributed by atoms with E-state index >= 15 is 0 Å². The summed E-state index contributed by atoms with van der Waals surface area (Å²) in [6.07, 6.45) is 1.69. The van der Waals surface area contributed by atoms with Gasteiger partial charge in [-0.05, 0) is 41.4 Å². The Balaban J connectivity index is 2.33. The highest BCUT2D eigenvalue weighted by Crippen LogP contribution is 2.34. The average molecular weight is 325 g/mol. The van der Waals surface area contributed by atoms with Crippen molar-refractivity contribution >= 4 is 33.6 Å². The quantitative estimate of drug-likeness (QED) is 0.515. The summed E-state index contributed by atoms with van der Waals surface area (Å²) in [7, 11) is 0. The van der Waals surface area contributed by atoms with Gasteiger partial charge in [0.15, 0.2) is 0 Å². The van der Waals surface area contributed by atoms with Crippen molar-refractivity contribution in [3.63, 3.8) is 0 Å². The number of nitrogens with two attached hydrogens (primary N) is 1. The standard InChI is InChI=1S/C12H13BrN4S/c1-7-3-4-10(8(2)5-7)18-11-9(13)6-15-12(16-11)17-14/h3-6H,14H2,1-2H3,(H,15,16,17). The van der Waals surface area contributed by atoms with Crippen molar-refractivity contribution in [1.29, 1.82) is 0 Å². The molecule has 1 heterocycles. The number of anilines is 1. The lowest BCUT2D eigenvalue weighted by molar-refractivity contribution is 1.01. The number of hydrogen-bond donors (Lipinski definition) is 2. The first-order chi connectivity index (χ1) is 8.60. The third kappa shape index (κ3) is 3.01. The number of hydrazine groups is 1. The molecule has 0 saturated carbocycles. The van der Waals surface area contributed by atoms with Crippen molar-refractivity contribution in [3.8, 4) is 0 Å². The average Bonchev–Trinajstić information content (AvgIpc) is 2.35. The zero-order valence-electron chi connectivity index (χ0n) is 10.1. The molecule has 0 saturated heterocycles. The minimum atomic E-state index is 0.408. The summed E-state index contributed by atoms with van der Waals surface area (Å²) in [5.74, 6) is 5.72. The lowest BCUT2D eigenvalue weighted by Crippen LogP contribution is -2.10. The van der Waals surface area contributed by atoms with E-state index in [0.29, 0.717) is 5.95 Å². The molecular weight excluding hydrogens is 312 g/mol. The molecule has 0 fully saturated rings. The van der Waals surface area contributed by atoms with Crippen LogP contribution in [0.5, 0.6) is 0 Å². The zero-order chi connectivity index (χ0) is 13.1. The summed E-state index contributed by atoms with van der Waals surface area (Å²) in [6.45, 7) is 4.17. The minimum Gasteiger partial charge on any atom is -0.292 e. The van der Waals surface area contributed by atoms with Crippen LogP contribution in [0.1, 0.15) is 11.1 Å². The van der Waals surface area contributed by atoms with Crippen LogP contribution in [0.3, 0.4) is 0 Å². The molecule has 0 spiro atoms. The Hall–Kier alpha value is -1.11. The van der Waals surface area contributed by atoms with Gasteiger partial charge in [-0.15, -0.1) is 0 Å². The summed E-state index contributed by atoms with van der Waals surface area (Å²) in [5.41, 5.74) is 4.93. The highest BCUT2D eigenvalue weighted by molar-refractivity contribution is 9.10. The Kier molecular flexibility index (Phi) is 4.21. The fourth-order valence-corrected chi connectivity index (χ4v) is 2.79. The van der Waals surface area contributed by atoms with Gasteiger partial charge in [0.1, 0.15) is 5.03 Å². The molecule has 4 nitrogen and oxygen atoms in total. The van der Waals surface area contributed by atoms with E-state index < -0.39 is 0 Å². The first kappa shape index (κ1) is 13.3. The predicted octanol–water partition coefficient (Wildman–Crippen LogP) is 3.29. The Morgan fingerprint density at radius 3 is 2.78 bits per heavy atom. The van der Waals surface area contributed by atoms with Gasteiger partial charge in [0.2, 0.25) is 5.95 Å². The Bertz CT molecular complexity index is 574. The van der Waals surface area contributed by atoms with Crippen molar-refractivity contribution in [2.45, 2.75) is 23.8 Å². The maximum absolute atomic E-state index is 5.31. The summed E-state index contributed by atoms with van der Waals surface area (Å²) in [4.78, 5) is 9.52. The van der Waals surface area contributed by atoms with E-state index in [9.17, 15) is 0 Å². The molecule has 0 aliphatic rings. The molecule has 1 aromatic carbocycles. The lowest BCUT2D eigenvalue weighted by atomic mass is 10.2. The Morgan fingerprint density at radius 2 is 2.11 bits per heavy atom. The zero-order valence-corrected chi connectivity index (χ0v) is 12.5. The van der Waals surface area contributed by atoms with Crippen molar-refractivity contribution < 1.29 is 0 Å². The number of hydrogen-bond acceptors (Lipinski definition) is 5. The van der Waals surface area contributed by atoms with Crippen molar-refractivity contribution in [1.82, 2.24) is 9.97 Å². The van der Waals surface area contributed by atoms with Gasteiger partial charge in [-0.25, -0.2) is 15.8 Å². The van der Waals surface area contributed by atoms with Crippen LogP contribution < -0.4 is 11.3 Å². The van der Waals surface area contributed by atoms with Crippen LogP contribution in [-0.2, 0) is 0 Å². The highest BCUT2D eigenvalue weighted by atomic mass is 79.9. The first-order valence-corrected chi connectivity index (χ1v) is 6.95. The number of halogens is 1. The smallest absolute Gasteiger partial charge is 0.238 e. The molecule has 0 radical (unpaired) electrons. The van der Waals surface area contributed by atoms with Gasteiger partial charge in [-0.1, -0.05) is 29.5 Å². The third-order valence-corrected chi connectivity index (χ3v) is 4.40. The fourth-order valence-electron chi connectivity index (χ4n) is 1.51. The molecule has 0 aliphatic heterocycles. The summed E-state index contributed by atoms with van der Waals surface area (Å²) in [5, 5.41) is 0.838. The number of nitrogens with zero attached hydrogens (tertiary/aromatic N) is 2. The van der Waals surface area contributed by atoms with E-state index in [1.54, 1.807) is 18.0 Å². The number of aryl methyl sites for hydroxylation is 2. The van der Waals surface area contributed by atoms with Crippen LogP contribution in [0.15, 0.2) is 38.8 Å². The molecule has 0 amide bonds. The molecule has 0 unspecified atom stereocenters. The highest BCUT2D eigenvalue weighted by Gasteiger charge is 2.08. The number of benzene rings is 1. The first-order valence-electron chi connectivity index (χ1n) is 5.34. The maximum Gasteiger partial charge on any atom is 0.238 e. The minimum absolute atomic E-state index is 0.408. The monoisotopic (exact) mass is 324 g/mol. The van der Waals surface area contributed by atoms with Gasteiger partial charge < -0.3 is 0 Å². The van der Waals surface area contributed by atoms with Crippen LogP contribution in [-0.4, -0.2) is 9.97 Å². The molecule has 2 rings (SSSR count).